The summed E-state index contributed by atoms with van der Waals surface area (Å²) in [7, 11) is -1.36. The number of esters is 1. The molecule has 0 aliphatic rings. The van der Waals surface area contributed by atoms with E-state index in [1.54, 1.807) is 31.2 Å². The number of ether oxygens (including phenoxy) is 1. The summed E-state index contributed by atoms with van der Waals surface area (Å²) in [6.45, 7) is 2.01. The zero-order valence-corrected chi connectivity index (χ0v) is 13.0. The summed E-state index contributed by atoms with van der Waals surface area (Å²) >= 11 is 3.28. The number of ketones is 1. The zero-order chi connectivity index (χ0) is 14.3. The van der Waals surface area contributed by atoms with Crippen molar-refractivity contribution in [1.82, 2.24) is 0 Å². The minimum atomic E-state index is -1.36. The summed E-state index contributed by atoms with van der Waals surface area (Å²) < 4.78 is 17.5. The number of halogens is 1. The number of hydrogen-bond acceptors (Lipinski definition) is 4. The highest BCUT2D eigenvalue weighted by molar-refractivity contribution is 9.10. The highest BCUT2D eigenvalue weighted by atomic mass is 79.9. The largest absolute Gasteiger partial charge is 0.466 e. The molecule has 0 aromatic heterocycles. The lowest BCUT2D eigenvalue weighted by Crippen LogP contribution is -2.13. The van der Waals surface area contributed by atoms with Crippen LogP contribution in [0.25, 0.3) is 0 Å². The molecule has 1 atom stereocenters. The monoisotopic (exact) mass is 346 g/mol. The van der Waals surface area contributed by atoms with Crippen molar-refractivity contribution in [2.45, 2.75) is 24.7 Å². The molecule has 0 heterocycles. The number of rotatable bonds is 7. The van der Waals surface area contributed by atoms with Crippen LogP contribution in [0.1, 0.15) is 19.8 Å². The van der Waals surface area contributed by atoms with E-state index >= 15 is 0 Å². The van der Waals surface area contributed by atoms with Gasteiger partial charge in [-0.2, -0.15) is 0 Å². The van der Waals surface area contributed by atoms with E-state index in [1.165, 1.54) is 0 Å². The van der Waals surface area contributed by atoms with Crippen LogP contribution in [-0.2, 0) is 25.1 Å². The predicted octanol–water partition coefficient (Wildman–Crippen LogP) is 2.47. The second-order valence-electron chi connectivity index (χ2n) is 3.79. The molecule has 1 aromatic carbocycles. The van der Waals surface area contributed by atoms with Crippen molar-refractivity contribution < 1.29 is 18.5 Å². The Hall–Kier alpha value is -1.01. The fourth-order valence-electron chi connectivity index (χ4n) is 1.36. The number of carbonyl (C=O) groups is 2. The van der Waals surface area contributed by atoms with Crippen LogP contribution in [0.4, 0.5) is 0 Å². The molecule has 0 amide bonds. The third kappa shape index (κ3) is 6.11. The third-order valence-corrected chi connectivity index (χ3v) is 4.19. The van der Waals surface area contributed by atoms with Gasteiger partial charge in [0.1, 0.15) is 5.78 Å². The van der Waals surface area contributed by atoms with Gasteiger partial charge >= 0.3 is 5.97 Å². The molecule has 0 spiro atoms. The maximum absolute atomic E-state index is 11.9. The van der Waals surface area contributed by atoms with Crippen LogP contribution >= 0.6 is 15.9 Å². The maximum atomic E-state index is 11.9. The van der Waals surface area contributed by atoms with Crippen LogP contribution in [0.5, 0.6) is 0 Å². The van der Waals surface area contributed by atoms with E-state index in [0.29, 0.717) is 11.5 Å². The lowest BCUT2D eigenvalue weighted by Gasteiger charge is -2.03. The van der Waals surface area contributed by atoms with Crippen molar-refractivity contribution in [3.63, 3.8) is 0 Å². The predicted molar refractivity (Wildman–Crippen MR) is 76.3 cm³/mol. The Balaban J connectivity index is 2.42. The van der Waals surface area contributed by atoms with E-state index in [0.717, 1.165) is 4.47 Å². The fraction of sp³-hybridized carbons (Fsp3) is 0.385. The Morgan fingerprint density at radius 1 is 1.21 bits per heavy atom. The van der Waals surface area contributed by atoms with Gasteiger partial charge in [0.05, 0.1) is 29.6 Å². The van der Waals surface area contributed by atoms with E-state index in [2.05, 4.69) is 15.9 Å². The molecule has 19 heavy (non-hydrogen) atoms. The van der Waals surface area contributed by atoms with Gasteiger partial charge in [0, 0.05) is 15.8 Å². The van der Waals surface area contributed by atoms with Gasteiger partial charge in [-0.1, -0.05) is 15.9 Å². The minimum absolute atomic E-state index is 0.0458. The normalized spacial score (nSPS) is 11.9. The quantitative estimate of drug-likeness (QED) is 0.711. The molecule has 1 aromatic rings. The summed E-state index contributed by atoms with van der Waals surface area (Å²) in [5.41, 5.74) is 0. The standard InChI is InChI=1S/C13H15BrO4S/c1-2-18-13(16)8-5-11(15)9-19(17)12-6-3-10(14)4-7-12/h3-4,6-7H,2,5,8-9H2,1H3. The topological polar surface area (TPSA) is 60.4 Å². The molecule has 104 valence electrons. The number of benzene rings is 1. The zero-order valence-electron chi connectivity index (χ0n) is 10.6. The first kappa shape index (κ1) is 16.0. The lowest BCUT2D eigenvalue weighted by molar-refractivity contribution is -0.144. The molecular weight excluding hydrogens is 332 g/mol. The van der Waals surface area contributed by atoms with Gasteiger partial charge in [0.25, 0.3) is 0 Å². The van der Waals surface area contributed by atoms with Crippen molar-refractivity contribution >= 4 is 38.5 Å². The Kier molecular flexibility index (Phi) is 6.94. The molecule has 0 bridgehead atoms. The molecule has 0 aliphatic heterocycles. The molecule has 1 rings (SSSR count). The van der Waals surface area contributed by atoms with Crippen LogP contribution in [0, 0.1) is 0 Å². The van der Waals surface area contributed by atoms with E-state index in [1.807, 2.05) is 0 Å². The van der Waals surface area contributed by atoms with E-state index in [-0.39, 0.29) is 24.4 Å². The smallest absolute Gasteiger partial charge is 0.306 e. The average Bonchev–Trinajstić information content (AvgIpc) is 2.37. The fourth-order valence-corrected chi connectivity index (χ4v) is 2.67. The summed E-state index contributed by atoms with van der Waals surface area (Å²) in [5.74, 6) is -0.666. The van der Waals surface area contributed by atoms with Gasteiger partial charge in [-0.15, -0.1) is 0 Å². The first-order chi connectivity index (χ1) is 9.02. The molecule has 6 heteroatoms. The van der Waals surface area contributed by atoms with Gasteiger partial charge in [0.15, 0.2) is 0 Å². The highest BCUT2D eigenvalue weighted by Crippen LogP contribution is 2.14. The van der Waals surface area contributed by atoms with E-state index < -0.39 is 16.8 Å². The van der Waals surface area contributed by atoms with Gasteiger partial charge in [-0.25, -0.2) is 0 Å². The molecule has 0 N–H and O–H groups in total. The van der Waals surface area contributed by atoms with Crippen LogP contribution in [0.15, 0.2) is 33.6 Å². The number of hydrogen-bond donors (Lipinski definition) is 0. The van der Waals surface area contributed by atoms with Crippen molar-refractivity contribution in [2.75, 3.05) is 12.4 Å². The van der Waals surface area contributed by atoms with Crippen molar-refractivity contribution in [2.24, 2.45) is 0 Å². The van der Waals surface area contributed by atoms with Gasteiger partial charge in [0.2, 0.25) is 0 Å². The molecule has 0 saturated heterocycles. The van der Waals surface area contributed by atoms with E-state index in [9.17, 15) is 13.8 Å². The summed E-state index contributed by atoms with van der Waals surface area (Å²) in [4.78, 5) is 23.3. The molecule has 0 saturated carbocycles. The summed E-state index contributed by atoms with van der Waals surface area (Å²) in [6, 6.07) is 6.96. The highest BCUT2D eigenvalue weighted by Gasteiger charge is 2.12. The molecule has 1 unspecified atom stereocenters. The van der Waals surface area contributed by atoms with Gasteiger partial charge in [-0.05, 0) is 31.2 Å². The molecule has 4 nitrogen and oxygen atoms in total. The summed E-state index contributed by atoms with van der Waals surface area (Å²) in [5, 5.41) is 0. The Morgan fingerprint density at radius 3 is 2.42 bits per heavy atom. The summed E-state index contributed by atoms with van der Waals surface area (Å²) in [6.07, 6.45) is 0.116. The van der Waals surface area contributed by atoms with Crippen molar-refractivity contribution in [1.29, 1.82) is 0 Å². The number of carbonyl (C=O) groups excluding carboxylic acids is 2. The van der Waals surface area contributed by atoms with Crippen LogP contribution < -0.4 is 0 Å². The van der Waals surface area contributed by atoms with Crippen molar-refractivity contribution in [3.8, 4) is 0 Å². The van der Waals surface area contributed by atoms with Crippen molar-refractivity contribution in [3.05, 3.63) is 28.7 Å². The van der Waals surface area contributed by atoms with Crippen LogP contribution in [0.3, 0.4) is 0 Å². The first-order valence-electron chi connectivity index (χ1n) is 5.84. The Bertz CT molecular complexity index is 470. The SMILES string of the molecule is CCOC(=O)CCC(=O)CS(=O)c1ccc(Br)cc1. The Labute approximate surface area is 123 Å². The maximum Gasteiger partial charge on any atom is 0.306 e. The molecule has 0 fully saturated rings. The van der Waals surface area contributed by atoms with Gasteiger partial charge in [-0.3, -0.25) is 13.8 Å². The van der Waals surface area contributed by atoms with Crippen LogP contribution in [0.2, 0.25) is 0 Å². The van der Waals surface area contributed by atoms with Crippen LogP contribution in [-0.4, -0.2) is 28.3 Å². The molecule has 0 aliphatic carbocycles. The third-order valence-electron chi connectivity index (χ3n) is 2.28. The molecular formula is C13H15BrO4S. The van der Waals surface area contributed by atoms with Gasteiger partial charge < -0.3 is 4.74 Å². The average molecular weight is 347 g/mol. The second-order valence-corrected chi connectivity index (χ2v) is 6.15. The minimum Gasteiger partial charge on any atom is -0.466 e. The second kappa shape index (κ2) is 8.22. The lowest BCUT2D eigenvalue weighted by atomic mass is 10.2. The number of Topliss-reactive ketones (excluding diaryl/α,β-unsaturated/α-hetero) is 1. The first-order valence-corrected chi connectivity index (χ1v) is 7.95. The Morgan fingerprint density at radius 2 is 1.84 bits per heavy atom. The van der Waals surface area contributed by atoms with E-state index in [4.69, 9.17) is 4.74 Å². The molecule has 0 radical (unpaired) electrons.